The van der Waals surface area contributed by atoms with Crippen LogP contribution in [0.25, 0.3) is 0 Å². The van der Waals surface area contributed by atoms with Crippen LogP contribution in [0.1, 0.15) is 27.2 Å². The summed E-state index contributed by atoms with van der Waals surface area (Å²) in [5.41, 5.74) is -0.808. The SMILES string of the molecule is CC(=O)OCC=C(C)CC=CC(C)(CBr)C(=O)C(F)(F)F. The molecule has 1 unspecified atom stereocenters. The minimum Gasteiger partial charge on any atom is -0.462 e. The number of halogens is 4. The van der Waals surface area contributed by atoms with E-state index in [4.69, 9.17) is 4.74 Å². The van der Waals surface area contributed by atoms with Gasteiger partial charge in [0.1, 0.15) is 6.61 Å². The number of hydrogen-bond acceptors (Lipinski definition) is 3. The predicted molar refractivity (Wildman–Crippen MR) is 77.1 cm³/mol. The summed E-state index contributed by atoms with van der Waals surface area (Å²) in [6.07, 6.45) is -0.0872. The summed E-state index contributed by atoms with van der Waals surface area (Å²) in [6.45, 7) is 4.39. The molecule has 0 spiro atoms. The molecule has 0 saturated carbocycles. The molecule has 0 aliphatic heterocycles. The van der Waals surface area contributed by atoms with Crippen LogP contribution in [0.3, 0.4) is 0 Å². The summed E-state index contributed by atoms with van der Waals surface area (Å²) >= 11 is 2.95. The van der Waals surface area contributed by atoms with Crippen LogP contribution in [0.2, 0.25) is 0 Å². The highest BCUT2D eigenvalue weighted by Crippen LogP contribution is 2.32. The van der Waals surface area contributed by atoms with E-state index in [1.807, 2.05) is 0 Å². The molecule has 0 aromatic rings. The summed E-state index contributed by atoms with van der Waals surface area (Å²) in [5.74, 6) is -2.19. The lowest BCUT2D eigenvalue weighted by molar-refractivity contribution is -0.177. The molecule has 0 saturated heterocycles. The fraction of sp³-hybridized carbons (Fsp3) is 0.571. The van der Waals surface area contributed by atoms with Crippen molar-refractivity contribution in [3.05, 3.63) is 23.8 Å². The van der Waals surface area contributed by atoms with Gasteiger partial charge in [0.05, 0.1) is 5.41 Å². The van der Waals surface area contributed by atoms with Crippen molar-refractivity contribution in [2.24, 2.45) is 5.41 Å². The van der Waals surface area contributed by atoms with Crippen LogP contribution in [-0.2, 0) is 14.3 Å². The van der Waals surface area contributed by atoms with Gasteiger partial charge in [-0.3, -0.25) is 9.59 Å². The molecular formula is C14H18BrF3O3. The number of rotatable bonds is 7. The molecule has 7 heteroatoms. The number of ether oxygens (including phenoxy) is 1. The number of hydrogen-bond donors (Lipinski definition) is 0. The Morgan fingerprint density at radius 3 is 2.24 bits per heavy atom. The van der Waals surface area contributed by atoms with E-state index in [0.717, 1.165) is 5.57 Å². The van der Waals surface area contributed by atoms with Crippen LogP contribution in [0, 0.1) is 5.41 Å². The van der Waals surface area contributed by atoms with Gasteiger partial charge in [-0.2, -0.15) is 13.2 Å². The van der Waals surface area contributed by atoms with Crippen molar-refractivity contribution in [3.63, 3.8) is 0 Å². The lowest BCUT2D eigenvalue weighted by atomic mass is 9.86. The third kappa shape index (κ3) is 7.45. The van der Waals surface area contributed by atoms with Gasteiger partial charge >= 0.3 is 12.1 Å². The first kappa shape index (κ1) is 19.9. The quantitative estimate of drug-likeness (QED) is 0.386. The van der Waals surface area contributed by atoms with Gasteiger partial charge in [0.15, 0.2) is 0 Å². The number of allylic oxidation sites excluding steroid dienone is 3. The Hall–Kier alpha value is -1.11. The molecule has 0 bridgehead atoms. The average molecular weight is 371 g/mol. The second-order valence-corrected chi connectivity index (χ2v) is 5.40. The van der Waals surface area contributed by atoms with Gasteiger partial charge in [0.2, 0.25) is 5.78 Å². The zero-order valence-electron chi connectivity index (χ0n) is 12.1. The topological polar surface area (TPSA) is 43.4 Å². The second-order valence-electron chi connectivity index (χ2n) is 4.84. The number of ketones is 1. The summed E-state index contributed by atoms with van der Waals surface area (Å²) < 4.78 is 42.2. The zero-order chi connectivity index (χ0) is 16.7. The van der Waals surface area contributed by atoms with Gasteiger partial charge in [0.25, 0.3) is 0 Å². The molecule has 0 aromatic heterocycles. The number of carbonyl (C=O) groups is 2. The molecule has 0 fully saturated rings. The monoisotopic (exact) mass is 370 g/mol. The molecule has 0 heterocycles. The molecule has 0 amide bonds. The van der Waals surface area contributed by atoms with Crippen molar-refractivity contribution in [1.82, 2.24) is 0 Å². The van der Waals surface area contributed by atoms with E-state index in [1.165, 1.54) is 26.0 Å². The van der Waals surface area contributed by atoms with Crippen molar-refractivity contribution < 1.29 is 27.5 Å². The standard InChI is InChI=1S/C14H18BrF3O3/c1-10(6-8-21-11(2)19)5-4-7-13(3,9-15)12(20)14(16,17)18/h4,6-7H,5,8-9H2,1-3H3. The fourth-order valence-corrected chi connectivity index (χ4v) is 1.84. The summed E-state index contributed by atoms with van der Waals surface area (Å²) in [6, 6.07) is 0. The number of esters is 1. The van der Waals surface area contributed by atoms with E-state index in [2.05, 4.69) is 15.9 Å². The van der Waals surface area contributed by atoms with Gasteiger partial charge in [-0.15, -0.1) is 0 Å². The van der Waals surface area contributed by atoms with Gasteiger partial charge in [-0.05, 0) is 26.3 Å². The van der Waals surface area contributed by atoms with E-state index in [1.54, 1.807) is 13.0 Å². The van der Waals surface area contributed by atoms with Gasteiger partial charge in [0, 0.05) is 12.3 Å². The van der Waals surface area contributed by atoms with Crippen LogP contribution < -0.4 is 0 Å². The lowest BCUT2D eigenvalue weighted by Crippen LogP contribution is -2.38. The predicted octanol–water partition coefficient (Wildman–Crippen LogP) is 3.97. The molecule has 0 radical (unpaired) electrons. The highest BCUT2D eigenvalue weighted by atomic mass is 79.9. The van der Waals surface area contributed by atoms with Gasteiger partial charge in [-0.1, -0.05) is 33.7 Å². The maximum Gasteiger partial charge on any atom is 0.450 e. The smallest absolute Gasteiger partial charge is 0.450 e. The molecule has 0 aliphatic carbocycles. The Morgan fingerprint density at radius 1 is 1.24 bits per heavy atom. The Bertz CT molecular complexity index is 441. The number of alkyl halides is 4. The second kappa shape index (κ2) is 8.36. The van der Waals surface area contributed by atoms with E-state index in [9.17, 15) is 22.8 Å². The average Bonchev–Trinajstić information content (AvgIpc) is 2.36. The first-order valence-electron chi connectivity index (χ1n) is 6.17. The third-order valence-corrected chi connectivity index (χ3v) is 3.86. The summed E-state index contributed by atoms with van der Waals surface area (Å²) in [5, 5.41) is -0.120. The highest BCUT2D eigenvalue weighted by molar-refractivity contribution is 9.09. The number of carbonyl (C=O) groups excluding carboxylic acids is 2. The van der Waals surface area contributed by atoms with Crippen molar-refractivity contribution in [2.45, 2.75) is 33.4 Å². The van der Waals surface area contributed by atoms with Crippen LogP contribution in [0.4, 0.5) is 13.2 Å². The van der Waals surface area contributed by atoms with E-state index in [-0.39, 0.29) is 11.9 Å². The maximum atomic E-state index is 12.5. The Morgan fingerprint density at radius 2 is 1.81 bits per heavy atom. The first-order chi connectivity index (χ1) is 9.53. The van der Waals surface area contributed by atoms with Crippen LogP contribution in [0.5, 0.6) is 0 Å². The molecule has 1 atom stereocenters. The van der Waals surface area contributed by atoms with Gasteiger partial charge in [-0.25, -0.2) is 0 Å². The molecule has 0 aromatic carbocycles. The Balaban J connectivity index is 4.69. The minimum atomic E-state index is -4.87. The van der Waals surface area contributed by atoms with Crippen molar-refractivity contribution >= 4 is 27.7 Å². The molecule has 120 valence electrons. The largest absolute Gasteiger partial charge is 0.462 e. The summed E-state index contributed by atoms with van der Waals surface area (Å²) in [4.78, 5) is 21.9. The van der Waals surface area contributed by atoms with Crippen molar-refractivity contribution in [1.29, 1.82) is 0 Å². The van der Waals surface area contributed by atoms with Crippen LogP contribution >= 0.6 is 15.9 Å². The zero-order valence-corrected chi connectivity index (χ0v) is 13.7. The highest BCUT2D eigenvalue weighted by Gasteiger charge is 2.48. The first-order valence-corrected chi connectivity index (χ1v) is 7.29. The Labute approximate surface area is 130 Å². The molecule has 0 N–H and O–H groups in total. The van der Waals surface area contributed by atoms with E-state index in [0.29, 0.717) is 6.42 Å². The minimum absolute atomic E-state index is 0.117. The van der Waals surface area contributed by atoms with Crippen LogP contribution in [-0.4, -0.2) is 29.9 Å². The molecule has 0 rings (SSSR count). The Kier molecular flexibility index (Phi) is 7.92. The maximum absolute atomic E-state index is 12.5. The lowest BCUT2D eigenvalue weighted by Gasteiger charge is -2.22. The normalized spacial score (nSPS) is 15.9. The number of Topliss-reactive ketones (excluding diaryl/α,β-unsaturated/α-hetero) is 1. The molecule has 0 aliphatic rings. The van der Waals surface area contributed by atoms with Crippen molar-refractivity contribution in [2.75, 3.05) is 11.9 Å². The fourth-order valence-electron chi connectivity index (χ4n) is 1.39. The van der Waals surface area contributed by atoms with Gasteiger partial charge < -0.3 is 4.74 Å². The molecular weight excluding hydrogens is 353 g/mol. The van der Waals surface area contributed by atoms with Crippen LogP contribution in [0.15, 0.2) is 23.8 Å². The molecule has 21 heavy (non-hydrogen) atoms. The molecule has 3 nitrogen and oxygen atoms in total. The van der Waals surface area contributed by atoms with E-state index >= 15 is 0 Å². The van der Waals surface area contributed by atoms with E-state index < -0.39 is 23.3 Å². The summed E-state index contributed by atoms with van der Waals surface area (Å²) in [7, 11) is 0. The third-order valence-electron chi connectivity index (χ3n) is 2.70. The van der Waals surface area contributed by atoms with Crippen molar-refractivity contribution in [3.8, 4) is 0 Å².